The molecule has 0 saturated carbocycles. The number of unbranched alkanes of at least 4 members (excludes halogenated alkanes) is 3. The maximum atomic E-state index is 5.28. The zero-order valence-electron chi connectivity index (χ0n) is 20.7. The van der Waals surface area contributed by atoms with Gasteiger partial charge in [-0.2, -0.15) is 0 Å². The Bertz CT molecular complexity index is 1230. The third-order valence-corrected chi connectivity index (χ3v) is 6.72. The normalized spacial score (nSPS) is 13.1. The van der Waals surface area contributed by atoms with E-state index in [4.69, 9.17) is 9.97 Å². The Hall–Kier alpha value is -3.61. The summed E-state index contributed by atoms with van der Waals surface area (Å²) in [6.45, 7) is 6.30. The Morgan fingerprint density at radius 1 is 0.800 bits per heavy atom. The Morgan fingerprint density at radius 2 is 1.46 bits per heavy atom. The number of tetrazole rings is 1. The fraction of sp³-hybridized carbons (Fsp3) is 0.393. The molecule has 0 amide bonds. The van der Waals surface area contributed by atoms with Crippen LogP contribution in [0, 0.1) is 13.8 Å². The number of anilines is 1. The minimum absolute atomic E-state index is 0.873. The number of aryl methyl sites for hydroxylation is 4. The molecule has 1 aliphatic rings. The van der Waals surface area contributed by atoms with Crippen LogP contribution in [-0.2, 0) is 12.8 Å². The maximum absolute atomic E-state index is 5.28. The van der Waals surface area contributed by atoms with Crippen LogP contribution in [-0.4, -0.2) is 43.7 Å². The van der Waals surface area contributed by atoms with Gasteiger partial charge < -0.3 is 4.90 Å². The molecular weight excluding hydrogens is 434 g/mol. The standard InChI is InChI=1S/C28H33N7/c1-20-10-14-22(15-11-20)26-27(23-16-12-21(2)13-17-23)30-28-24(29-26)8-7-19-35(28)18-6-4-3-5-9-25-31-33-34-32-25/h10-17H,3-9,18-19H2,1-2H3,(H,31,32,33,34). The molecule has 7 heteroatoms. The van der Waals surface area contributed by atoms with Gasteiger partial charge >= 0.3 is 0 Å². The van der Waals surface area contributed by atoms with E-state index in [1.807, 2.05) is 0 Å². The van der Waals surface area contributed by atoms with E-state index in [0.29, 0.717) is 0 Å². The summed E-state index contributed by atoms with van der Waals surface area (Å²) in [7, 11) is 0. The van der Waals surface area contributed by atoms with E-state index in [2.05, 4.69) is 87.9 Å². The first-order chi connectivity index (χ1) is 17.2. The van der Waals surface area contributed by atoms with Crippen molar-refractivity contribution in [3.8, 4) is 22.5 Å². The number of benzene rings is 2. The highest BCUT2D eigenvalue weighted by Gasteiger charge is 2.23. The van der Waals surface area contributed by atoms with Gasteiger partial charge in [0.15, 0.2) is 5.82 Å². The minimum Gasteiger partial charge on any atom is -0.355 e. The van der Waals surface area contributed by atoms with Crippen molar-refractivity contribution in [3.05, 3.63) is 71.2 Å². The summed E-state index contributed by atoms with van der Waals surface area (Å²) in [5.41, 5.74) is 7.82. The molecule has 180 valence electrons. The molecule has 7 nitrogen and oxygen atoms in total. The van der Waals surface area contributed by atoms with E-state index in [1.54, 1.807) is 0 Å². The highest BCUT2D eigenvalue weighted by molar-refractivity contribution is 5.79. The van der Waals surface area contributed by atoms with E-state index >= 15 is 0 Å². The molecule has 4 aromatic rings. The third kappa shape index (κ3) is 5.56. The predicted molar refractivity (Wildman–Crippen MR) is 139 cm³/mol. The lowest BCUT2D eigenvalue weighted by Crippen LogP contribution is -2.32. The van der Waals surface area contributed by atoms with Crippen molar-refractivity contribution in [3.63, 3.8) is 0 Å². The number of rotatable bonds is 9. The molecule has 2 aromatic carbocycles. The van der Waals surface area contributed by atoms with Crippen LogP contribution in [0.4, 0.5) is 5.82 Å². The highest BCUT2D eigenvalue weighted by Crippen LogP contribution is 2.35. The first-order valence-corrected chi connectivity index (χ1v) is 12.7. The first-order valence-electron chi connectivity index (χ1n) is 12.7. The summed E-state index contributed by atoms with van der Waals surface area (Å²) in [5.74, 6) is 1.94. The van der Waals surface area contributed by atoms with Crippen LogP contribution < -0.4 is 4.90 Å². The Labute approximate surface area is 207 Å². The lowest BCUT2D eigenvalue weighted by Gasteiger charge is -2.30. The summed E-state index contributed by atoms with van der Waals surface area (Å²) < 4.78 is 0. The van der Waals surface area contributed by atoms with Crippen molar-refractivity contribution in [2.24, 2.45) is 0 Å². The second kappa shape index (κ2) is 10.8. The average Bonchev–Trinajstić information content (AvgIpc) is 3.40. The third-order valence-electron chi connectivity index (χ3n) is 6.72. The first kappa shape index (κ1) is 23.1. The van der Waals surface area contributed by atoms with Gasteiger partial charge in [0.2, 0.25) is 0 Å². The van der Waals surface area contributed by atoms with Crippen molar-refractivity contribution in [2.45, 2.75) is 58.8 Å². The largest absolute Gasteiger partial charge is 0.355 e. The number of nitrogens with one attached hydrogen (secondary N) is 1. The van der Waals surface area contributed by atoms with Gasteiger partial charge in [0.1, 0.15) is 5.82 Å². The lowest BCUT2D eigenvalue weighted by molar-refractivity contribution is 0.594. The minimum atomic E-state index is 0.873. The SMILES string of the molecule is Cc1ccc(-c2nc3c(nc2-c2ccc(C)cc2)N(CCCCCCc2nnn[nH]2)CCC3)cc1. The number of nitrogens with zero attached hydrogens (tertiary/aromatic N) is 6. The number of hydrogen-bond donors (Lipinski definition) is 1. The van der Waals surface area contributed by atoms with Crippen LogP contribution in [0.3, 0.4) is 0 Å². The van der Waals surface area contributed by atoms with Crippen molar-refractivity contribution < 1.29 is 0 Å². The summed E-state index contributed by atoms with van der Waals surface area (Å²) in [6, 6.07) is 17.3. The molecule has 0 saturated heterocycles. The molecule has 2 aromatic heterocycles. The van der Waals surface area contributed by atoms with Crippen LogP contribution in [0.1, 0.15) is 54.7 Å². The second-order valence-corrected chi connectivity index (χ2v) is 9.53. The monoisotopic (exact) mass is 467 g/mol. The molecule has 35 heavy (non-hydrogen) atoms. The van der Waals surface area contributed by atoms with Crippen molar-refractivity contribution >= 4 is 5.82 Å². The molecule has 0 aliphatic carbocycles. The van der Waals surface area contributed by atoms with E-state index in [0.717, 1.165) is 85.0 Å². The smallest absolute Gasteiger partial charge is 0.151 e. The van der Waals surface area contributed by atoms with Crippen LogP contribution in [0.5, 0.6) is 0 Å². The van der Waals surface area contributed by atoms with Crippen LogP contribution in [0.25, 0.3) is 22.5 Å². The van der Waals surface area contributed by atoms with Crippen LogP contribution >= 0.6 is 0 Å². The van der Waals surface area contributed by atoms with E-state index in [1.165, 1.54) is 24.0 Å². The number of H-pyrrole nitrogens is 1. The molecule has 0 fully saturated rings. The van der Waals surface area contributed by atoms with Gasteiger partial charge in [-0.05, 0) is 50.0 Å². The lowest BCUT2D eigenvalue weighted by atomic mass is 10.0. The average molecular weight is 468 g/mol. The topological polar surface area (TPSA) is 83.5 Å². The van der Waals surface area contributed by atoms with Crippen molar-refractivity contribution in [1.82, 2.24) is 30.6 Å². The van der Waals surface area contributed by atoms with E-state index < -0.39 is 0 Å². The molecule has 0 spiro atoms. The Morgan fingerprint density at radius 3 is 2.11 bits per heavy atom. The van der Waals surface area contributed by atoms with Crippen LogP contribution in [0.2, 0.25) is 0 Å². The maximum Gasteiger partial charge on any atom is 0.151 e. The molecule has 0 unspecified atom stereocenters. The van der Waals surface area contributed by atoms with Crippen LogP contribution in [0.15, 0.2) is 48.5 Å². The molecule has 0 atom stereocenters. The molecule has 5 rings (SSSR count). The highest BCUT2D eigenvalue weighted by atomic mass is 15.5. The fourth-order valence-corrected chi connectivity index (χ4v) is 4.70. The zero-order chi connectivity index (χ0) is 24.0. The summed E-state index contributed by atoms with van der Waals surface area (Å²) in [4.78, 5) is 12.9. The quantitative estimate of drug-likeness (QED) is 0.327. The molecule has 0 radical (unpaired) electrons. The van der Waals surface area contributed by atoms with Crippen molar-refractivity contribution in [1.29, 1.82) is 0 Å². The summed E-state index contributed by atoms with van der Waals surface area (Å²) in [6.07, 6.45) is 7.63. The summed E-state index contributed by atoms with van der Waals surface area (Å²) >= 11 is 0. The fourth-order valence-electron chi connectivity index (χ4n) is 4.70. The summed E-state index contributed by atoms with van der Waals surface area (Å²) in [5, 5.41) is 14.1. The number of fused-ring (bicyclic) bond motifs is 1. The van der Waals surface area contributed by atoms with Gasteiger partial charge in [0.05, 0.1) is 17.1 Å². The number of aromatic amines is 1. The zero-order valence-corrected chi connectivity index (χ0v) is 20.7. The Balaban J connectivity index is 1.35. The van der Waals surface area contributed by atoms with Crippen molar-refractivity contribution in [2.75, 3.05) is 18.0 Å². The number of hydrogen-bond acceptors (Lipinski definition) is 6. The molecular formula is C28H33N7. The van der Waals surface area contributed by atoms with Gasteiger partial charge in [-0.25, -0.2) is 15.1 Å². The molecule has 0 bridgehead atoms. The van der Waals surface area contributed by atoms with Gasteiger partial charge in [-0.3, -0.25) is 0 Å². The molecule has 1 aliphatic heterocycles. The number of aromatic nitrogens is 6. The second-order valence-electron chi connectivity index (χ2n) is 9.53. The Kier molecular flexibility index (Phi) is 7.12. The molecule has 1 N–H and O–H groups in total. The van der Waals surface area contributed by atoms with Gasteiger partial charge in [-0.15, -0.1) is 5.10 Å². The van der Waals surface area contributed by atoms with Gasteiger partial charge in [0.25, 0.3) is 0 Å². The molecule has 3 heterocycles. The predicted octanol–water partition coefficient (Wildman–Crippen LogP) is 5.50. The van der Waals surface area contributed by atoms with Gasteiger partial charge in [0, 0.05) is 30.6 Å². The van der Waals surface area contributed by atoms with Gasteiger partial charge in [-0.1, -0.05) is 72.5 Å². The van der Waals surface area contributed by atoms with E-state index in [-0.39, 0.29) is 0 Å². The van der Waals surface area contributed by atoms with E-state index in [9.17, 15) is 0 Å².